The molecule has 8 nitrogen and oxygen atoms in total. The molecule has 0 saturated carbocycles. The highest BCUT2D eigenvalue weighted by atomic mass is 19.4. The molecular weight excluding hydrogens is 818 g/mol. The van der Waals surface area contributed by atoms with Gasteiger partial charge in [-0.25, -0.2) is 14.7 Å². The number of hydrogen-bond donors (Lipinski definition) is 0. The zero-order valence-electron chi connectivity index (χ0n) is 34.0. The summed E-state index contributed by atoms with van der Waals surface area (Å²) in [6, 6.07) is 53.6. The van der Waals surface area contributed by atoms with Gasteiger partial charge in [0, 0.05) is 38.4 Å². The van der Waals surface area contributed by atoms with Crippen molar-refractivity contribution in [2.75, 3.05) is 0 Å². The highest BCUT2D eigenvalue weighted by molar-refractivity contribution is 6.26. The van der Waals surface area contributed by atoms with Gasteiger partial charge in [-0.1, -0.05) is 103 Å². The van der Waals surface area contributed by atoms with Crippen molar-refractivity contribution in [1.29, 1.82) is 0 Å². The second-order valence-corrected chi connectivity index (χ2v) is 15.7. The van der Waals surface area contributed by atoms with Crippen LogP contribution in [0.3, 0.4) is 0 Å². The molecule has 0 N–H and O–H groups in total. The minimum absolute atomic E-state index is 0.0343. The minimum Gasteiger partial charge on any atom is -0.309 e. The fraction of sp³-hybridized carbons (Fsp3) is 0.0185. The monoisotopic (exact) mass is 846 g/mol. The van der Waals surface area contributed by atoms with Crippen LogP contribution in [0.2, 0.25) is 0 Å². The summed E-state index contributed by atoms with van der Waals surface area (Å²) in [4.78, 5) is 21.9. The highest BCUT2D eigenvalue weighted by Crippen LogP contribution is 2.45. The second kappa shape index (κ2) is 14.2. The van der Waals surface area contributed by atoms with E-state index < -0.39 is 11.7 Å². The number of nitrogens with zero attached hydrogens (tertiary/aromatic N) is 8. The Hall–Kier alpha value is -9.06. The van der Waals surface area contributed by atoms with Crippen LogP contribution in [0.1, 0.15) is 5.56 Å². The smallest absolute Gasteiger partial charge is 0.309 e. The van der Waals surface area contributed by atoms with Crippen LogP contribution < -0.4 is 0 Å². The van der Waals surface area contributed by atoms with Gasteiger partial charge in [0.05, 0.1) is 57.5 Å². The highest BCUT2D eigenvalue weighted by Gasteiger charge is 2.36. The molecule has 0 fully saturated rings. The number of benzene rings is 8. The summed E-state index contributed by atoms with van der Waals surface area (Å²) in [6.45, 7) is 15.4. The molecule has 4 aromatic heterocycles. The molecule has 0 amide bonds. The number of fused-ring (bicyclic) bond motifs is 10. The van der Waals surface area contributed by atoms with Gasteiger partial charge in [0.1, 0.15) is 0 Å². The van der Waals surface area contributed by atoms with Crippen molar-refractivity contribution in [2.24, 2.45) is 0 Å². The fourth-order valence-corrected chi connectivity index (χ4v) is 9.38. The lowest BCUT2D eigenvalue weighted by Crippen LogP contribution is -2.12. The van der Waals surface area contributed by atoms with Crippen LogP contribution in [0, 0.1) is 13.1 Å². The lowest BCUT2D eigenvalue weighted by Gasteiger charge is -2.18. The molecule has 0 spiro atoms. The van der Waals surface area contributed by atoms with Gasteiger partial charge >= 0.3 is 6.18 Å². The zero-order valence-corrected chi connectivity index (χ0v) is 34.0. The van der Waals surface area contributed by atoms with Gasteiger partial charge in [-0.15, -0.1) is 0 Å². The Labute approximate surface area is 368 Å². The fourth-order valence-electron chi connectivity index (χ4n) is 9.38. The molecule has 12 rings (SSSR count). The van der Waals surface area contributed by atoms with E-state index in [1.807, 2.05) is 115 Å². The molecule has 8 aromatic carbocycles. The molecule has 0 aliphatic heterocycles. The maximum atomic E-state index is 15.9. The van der Waals surface area contributed by atoms with Gasteiger partial charge in [-0.05, 0) is 83.6 Å². The SMILES string of the molecule is [C-]#[N+]c1ccc2c(c1)c1cc([N+]#[C-])ccc1n2-c1nc(-c2ccccc2)nc(-c2ccc(-n3c4ccccc4c4ccc5c(c6ccccc6n5-c5ccccc5)c43)c(C(F)(F)F)c2)n1. The summed E-state index contributed by atoms with van der Waals surface area (Å²) in [5, 5.41) is 4.82. The lowest BCUT2D eigenvalue weighted by molar-refractivity contribution is -0.137. The summed E-state index contributed by atoms with van der Waals surface area (Å²) in [5.74, 6) is 0.456. The average Bonchev–Trinajstić information content (AvgIpc) is 3.99. The third kappa shape index (κ3) is 5.80. The summed E-state index contributed by atoms with van der Waals surface area (Å²) < 4.78 is 53.5. The first kappa shape index (κ1) is 37.7. The third-order valence-corrected chi connectivity index (χ3v) is 12.1. The average molecular weight is 847 g/mol. The molecule has 0 unspecified atom stereocenters. The van der Waals surface area contributed by atoms with E-state index in [0.29, 0.717) is 49.8 Å². The van der Waals surface area contributed by atoms with Crippen molar-refractivity contribution in [1.82, 2.24) is 28.7 Å². The predicted molar refractivity (Wildman–Crippen MR) is 251 cm³/mol. The summed E-state index contributed by atoms with van der Waals surface area (Å²) in [5.41, 5.74) is 6.05. The molecule has 0 aliphatic rings. The predicted octanol–water partition coefficient (Wildman–Crippen LogP) is 14.6. The first-order valence-electron chi connectivity index (χ1n) is 20.7. The Morgan fingerprint density at radius 3 is 1.63 bits per heavy atom. The number of hydrogen-bond acceptors (Lipinski definition) is 3. The van der Waals surface area contributed by atoms with Crippen LogP contribution in [0.5, 0.6) is 0 Å². The first-order valence-corrected chi connectivity index (χ1v) is 20.7. The Morgan fingerprint density at radius 1 is 0.431 bits per heavy atom. The van der Waals surface area contributed by atoms with Crippen LogP contribution >= 0.6 is 0 Å². The van der Waals surface area contributed by atoms with Crippen molar-refractivity contribution in [3.8, 4) is 40.1 Å². The second-order valence-electron chi connectivity index (χ2n) is 15.7. The Kier molecular flexibility index (Phi) is 8.26. The van der Waals surface area contributed by atoms with E-state index in [-0.39, 0.29) is 28.8 Å². The van der Waals surface area contributed by atoms with Crippen LogP contribution in [0.15, 0.2) is 176 Å². The van der Waals surface area contributed by atoms with E-state index in [2.05, 4.69) is 20.3 Å². The van der Waals surface area contributed by atoms with Gasteiger partial charge in [0.15, 0.2) is 23.0 Å². The van der Waals surface area contributed by atoms with E-state index in [4.69, 9.17) is 28.1 Å². The molecule has 65 heavy (non-hydrogen) atoms. The van der Waals surface area contributed by atoms with Crippen molar-refractivity contribution in [3.63, 3.8) is 0 Å². The van der Waals surface area contributed by atoms with Crippen molar-refractivity contribution in [2.45, 2.75) is 6.18 Å². The van der Waals surface area contributed by atoms with E-state index in [1.165, 1.54) is 6.07 Å². The Bertz CT molecular complexity index is 3950. The summed E-state index contributed by atoms with van der Waals surface area (Å²) in [6.07, 6.45) is -4.80. The van der Waals surface area contributed by atoms with Crippen LogP contribution in [0.25, 0.3) is 115 Å². The largest absolute Gasteiger partial charge is 0.418 e. The number of halogens is 3. The summed E-state index contributed by atoms with van der Waals surface area (Å²) in [7, 11) is 0. The molecule has 11 heteroatoms. The normalized spacial score (nSPS) is 11.9. The van der Waals surface area contributed by atoms with Gasteiger partial charge < -0.3 is 9.13 Å². The van der Waals surface area contributed by atoms with Crippen LogP contribution in [-0.2, 0) is 6.18 Å². The quantitative estimate of drug-likeness (QED) is 0.162. The van der Waals surface area contributed by atoms with Gasteiger partial charge in [-0.2, -0.15) is 23.1 Å². The maximum absolute atomic E-state index is 15.9. The summed E-state index contributed by atoms with van der Waals surface area (Å²) >= 11 is 0. The number of aromatic nitrogens is 6. The number of rotatable bonds is 5. The van der Waals surface area contributed by atoms with Crippen molar-refractivity contribution >= 4 is 76.8 Å². The molecular formula is C54H29F3N8. The molecule has 4 heterocycles. The molecule has 0 saturated heterocycles. The van der Waals surface area contributed by atoms with E-state index in [9.17, 15) is 0 Å². The maximum Gasteiger partial charge on any atom is 0.418 e. The first-order chi connectivity index (χ1) is 31.8. The lowest BCUT2D eigenvalue weighted by atomic mass is 10.1. The number of para-hydroxylation sites is 3. The topological polar surface area (TPSA) is 62.2 Å². The molecule has 0 bridgehead atoms. The van der Waals surface area contributed by atoms with E-state index >= 15 is 13.2 Å². The van der Waals surface area contributed by atoms with Crippen molar-refractivity contribution < 1.29 is 13.2 Å². The standard InChI is InChI=1S/C54H29F3N8/c1-58-34-22-26-45-40(30-34)41-31-35(59-2)23-27-46(41)65(45)53-61-51(32-13-5-3-6-14-32)60-52(62-53)33-21-25-47(42(29-33)54(55,56)57)64-43-19-11-9-17-37(43)38-24-28-48-49(50(38)64)39-18-10-12-20-44(39)63(48)36-15-7-4-8-16-36/h3-31H. The third-order valence-electron chi connectivity index (χ3n) is 12.1. The van der Waals surface area contributed by atoms with E-state index in [0.717, 1.165) is 44.3 Å². The van der Waals surface area contributed by atoms with Gasteiger partial charge in [0.25, 0.3) is 0 Å². The molecule has 12 aromatic rings. The Balaban J connectivity index is 1.13. The molecule has 306 valence electrons. The van der Waals surface area contributed by atoms with Crippen LogP contribution in [-0.4, -0.2) is 28.7 Å². The minimum atomic E-state index is -4.80. The molecule has 0 radical (unpaired) electrons. The van der Waals surface area contributed by atoms with Gasteiger partial charge in [-0.3, -0.25) is 4.57 Å². The number of alkyl halides is 3. The van der Waals surface area contributed by atoms with E-state index in [1.54, 1.807) is 51.6 Å². The van der Waals surface area contributed by atoms with Crippen molar-refractivity contribution in [3.05, 3.63) is 204 Å². The zero-order chi connectivity index (χ0) is 44.0. The molecule has 0 aliphatic carbocycles. The Morgan fingerprint density at radius 2 is 0.985 bits per heavy atom. The van der Waals surface area contributed by atoms with Crippen LogP contribution in [0.4, 0.5) is 24.5 Å². The molecule has 0 atom stereocenters. The van der Waals surface area contributed by atoms with Gasteiger partial charge in [0.2, 0.25) is 5.95 Å².